The maximum Gasteiger partial charge on any atom is 0.0326 e. The fraction of sp³-hybridized carbons (Fsp3) is 0. The first-order valence-corrected chi connectivity index (χ1v) is 10.7. The third kappa shape index (κ3) is 3.75. The van der Waals surface area contributed by atoms with Crippen molar-refractivity contribution in [3.63, 3.8) is 0 Å². The number of hydrogen-bond acceptors (Lipinski definition) is 2. The van der Waals surface area contributed by atoms with Gasteiger partial charge in [0, 0.05) is 11.4 Å². The van der Waals surface area contributed by atoms with Crippen molar-refractivity contribution in [1.82, 2.24) is 0 Å². The van der Waals surface area contributed by atoms with Crippen LogP contribution in [0.15, 0.2) is 121 Å². The summed E-state index contributed by atoms with van der Waals surface area (Å²) in [6.07, 6.45) is 0. The molecule has 5 aromatic rings. The van der Waals surface area contributed by atoms with Crippen molar-refractivity contribution in [2.24, 2.45) is 0 Å². The average Bonchev–Trinajstić information content (AvgIpc) is 2.85. The molecule has 0 radical (unpaired) electrons. The maximum absolute atomic E-state index is 6.43. The van der Waals surface area contributed by atoms with E-state index < -0.39 is 0 Å². The fourth-order valence-electron chi connectivity index (χ4n) is 4.28. The van der Waals surface area contributed by atoms with Crippen LogP contribution >= 0.6 is 0 Å². The Labute approximate surface area is 188 Å². The van der Waals surface area contributed by atoms with Crippen LogP contribution in [0.3, 0.4) is 0 Å². The summed E-state index contributed by atoms with van der Waals surface area (Å²) in [6, 6.07) is 41.5. The largest absolute Gasteiger partial charge is 0.399 e. The standard InChI is InChI=1S/C30H24N2/c31-24-16-17-26(27(18-24)21-10-4-1-5-11-21)30-28(22-12-6-2-7-13-22)19-25(32)20-29(30)23-14-8-3-9-15-23/h1-20H,31-32H2. The predicted molar refractivity (Wildman–Crippen MR) is 137 cm³/mol. The summed E-state index contributed by atoms with van der Waals surface area (Å²) in [4.78, 5) is 0. The van der Waals surface area contributed by atoms with E-state index in [2.05, 4.69) is 97.1 Å². The molecule has 0 bridgehead atoms. The molecule has 0 aromatic heterocycles. The van der Waals surface area contributed by atoms with Crippen LogP contribution in [0.5, 0.6) is 0 Å². The van der Waals surface area contributed by atoms with E-state index in [0.29, 0.717) is 0 Å². The Kier molecular flexibility index (Phi) is 5.19. The second-order valence-corrected chi connectivity index (χ2v) is 7.89. The van der Waals surface area contributed by atoms with E-state index in [4.69, 9.17) is 11.5 Å². The lowest BCUT2D eigenvalue weighted by atomic mass is 9.84. The van der Waals surface area contributed by atoms with E-state index in [-0.39, 0.29) is 0 Å². The quantitative estimate of drug-likeness (QED) is 0.300. The maximum atomic E-state index is 6.43. The Hall–Kier alpha value is -4.30. The van der Waals surface area contributed by atoms with Gasteiger partial charge in [-0.05, 0) is 68.8 Å². The molecule has 5 rings (SSSR count). The summed E-state index contributed by atoms with van der Waals surface area (Å²) in [7, 11) is 0. The lowest BCUT2D eigenvalue weighted by molar-refractivity contribution is 1.54. The molecule has 0 saturated heterocycles. The van der Waals surface area contributed by atoms with Crippen molar-refractivity contribution < 1.29 is 0 Å². The Balaban J connectivity index is 1.89. The van der Waals surface area contributed by atoms with Gasteiger partial charge >= 0.3 is 0 Å². The second kappa shape index (κ2) is 8.44. The lowest BCUT2D eigenvalue weighted by Gasteiger charge is -2.20. The molecule has 2 heteroatoms. The van der Waals surface area contributed by atoms with E-state index in [9.17, 15) is 0 Å². The summed E-state index contributed by atoms with van der Waals surface area (Å²) in [6.45, 7) is 0. The summed E-state index contributed by atoms with van der Waals surface area (Å²) < 4.78 is 0. The number of rotatable bonds is 4. The first-order chi connectivity index (χ1) is 15.7. The van der Waals surface area contributed by atoms with Crippen LogP contribution in [0.2, 0.25) is 0 Å². The van der Waals surface area contributed by atoms with Crippen molar-refractivity contribution in [3.8, 4) is 44.5 Å². The Morgan fingerprint density at radius 2 is 0.750 bits per heavy atom. The molecule has 32 heavy (non-hydrogen) atoms. The van der Waals surface area contributed by atoms with E-state index in [1.807, 2.05) is 24.3 Å². The van der Waals surface area contributed by atoms with Crippen LogP contribution < -0.4 is 11.5 Å². The summed E-state index contributed by atoms with van der Waals surface area (Å²) in [5, 5.41) is 0. The van der Waals surface area contributed by atoms with Crippen LogP contribution in [-0.4, -0.2) is 0 Å². The highest BCUT2D eigenvalue weighted by atomic mass is 14.6. The van der Waals surface area contributed by atoms with Gasteiger partial charge in [-0.2, -0.15) is 0 Å². The van der Waals surface area contributed by atoms with Crippen molar-refractivity contribution in [1.29, 1.82) is 0 Å². The average molecular weight is 413 g/mol. The molecule has 154 valence electrons. The van der Waals surface area contributed by atoms with Crippen LogP contribution in [0.25, 0.3) is 44.5 Å². The summed E-state index contributed by atoms with van der Waals surface area (Å²) in [5.41, 5.74) is 23.1. The fourth-order valence-corrected chi connectivity index (χ4v) is 4.28. The van der Waals surface area contributed by atoms with Crippen LogP contribution in [0.4, 0.5) is 11.4 Å². The number of nitrogen functional groups attached to an aromatic ring is 2. The Morgan fingerprint density at radius 3 is 1.22 bits per heavy atom. The van der Waals surface area contributed by atoms with Gasteiger partial charge in [-0.25, -0.2) is 0 Å². The van der Waals surface area contributed by atoms with E-state index in [1.54, 1.807) is 0 Å². The SMILES string of the molecule is Nc1ccc(-c2c(-c3ccccc3)cc(N)cc2-c2ccccc2)c(-c2ccccc2)c1. The smallest absolute Gasteiger partial charge is 0.0326 e. The summed E-state index contributed by atoms with van der Waals surface area (Å²) >= 11 is 0. The van der Waals surface area contributed by atoms with Gasteiger partial charge in [-0.3, -0.25) is 0 Å². The number of hydrogen-bond donors (Lipinski definition) is 2. The normalized spacial score (nSPS) is 10.8. The van der Waals surface area contributed by atoms with Gasteiger partial charge in [-0.15, -0.1) is 0 Å². The minimum atomic E-state index is 0.739. The first-order valence-electron chi connectivity index (χ1n) is 10.7. The molecular weight excluding hydrogens is 388 g/mol. The lowest BCUT2D eigenvalue weighted by Crippen LogP contribution is -1.97. The van der Waals surface area contributed by atoms with Crippen LogP contribution in [0, 0.1) is 0 Å². The molecular formula is C30H24N2. The zero-order chi connectivity index (χ0) is 21.9. The topological polar surface area (TPSA) is 52.0 Å². The highest BCUT2D eigenvalue weighted by Gasteiger charge is 2.19. The molecule has 0 fully saturated rings. The monoisotopic (exact) mass is 412 g/mol. The van der Waals surface area contributed by atoms with Gasteiger partial charge in [0.25, 0.3) is 0 Å². The molecule has 0 unspecified atom stereocenters. The molecule has 0 spiro atoms. The number of benzene rings is 5. The highest BCUT2D eigenvalue weighted by Crippen LogP contribution is 2.45. The molecule has 0 atom stereocenters. The first kappa shape index (κ1) is 19.7. The zero-order valence-corrected chi connectivity index (χ0v) is 17.7. The van der Waals surface area contributed by atoms with E-state index >= 15 is 0 Å². The minimum absolute atomic E-state index is 0.739. The number of nitrogens with two attached hydrogens (primary N) is 2. The molecule has 0 heterocycles. The van der Waals surface area contributed by atoms with Crippen LogP contribution in [0.1, 0.15) is 0 Å². The third-order valence-electron chi connectivity index (χ3n) is 5.73. The third-order valence-corrected chi connectivity index (χ3v) is 5.73. The van der Waals surface area contributed by atoms with Crippen molar-refractivity contribution in [2.75, 3.05) is 11.5 Å². The predicted octanol–water partition coefficient (Wildman–Crippen LogP) is 7.52. The molecule has 4 N–H and O–H groups in total. The van der Waals surface area contributed by atoms with Gasteiger partial charge in [-0.1, -0.05) is 97.1 Å². The molecule has 0 amide bonds. The summed E-state index contributed by atoms with van der Waals surface area (Å²) in [5.74, 6) is 0. The van der Waals surface area contributed by atoms with Gasteiger partial charge < -0.3 is 11.5 Å². The second-order valence-electron chi connectivity index (χ2n) is 7.89. The minimum Gasteiger partial charge on any atom is -0.399 e. The molecule has 5 aromatic carbocycles. The Morgan fingerprint density at radius 1 is 0.344 bits per heavy atom. The van der Waals surface area contributed by atoms with Gasteiger partial charge in [0.2, 0.25) is 0 Å². The van der Waals surface area contributed by atoms with E-state index in [1.165, 1.54) is 0 Å². The molecule has 0 saturated carbocycles. The van der Waals surface area contributed by atoms with Crippen LogP contribution in [-0.2, 0) is 0 Å². The zero-order valence-electron chi connectivity index (χ0n) is 17.7. The van der Waals surface area contributed by atoms with Gasteiger partial charge in [0.1, 0.15) is 0 Å². The molecule has 0 aliphatic heterocycles. The molecule has 0 aliphatic rings. The highest BCUT2D eigenvalue weighted by molar-refractivity contribution is 6.01. The van der Waals surface area contributed by atoms with Crippen molar-refractivity contribution >= 4 is 11.4 Å². The van der Waals surface area contributed by atoms with Crippen molar-refractivity contribution in [2.45, 2.75) is 0 Å². The van der Waals surface area contributed by atoms with Gasteiger partial charge in [0.15, 0.2) is 0 Å². The van der Waals surface area contributed by atoms with Crippen molar-refractivity contribution in [3.05, 3.63) is 121 Å². The molecule has 2 nitrogen and oxygen atoms in total. The van der Waals surface area contributed by atoms with Gasteiger partial charge in [0.05, 0.1) is 0 Å². The number of anilines is 2. The molecule has 0 aliphatic carbocycles. The Bertz CT molecular complexity index is 1300. The van der Waals surface area contributed by atoms with E-state index in [0.717, 1.165) is 55.9 Å².